The van der Waals surface area contributed by atoms with Gasteiger partial charge in [0.25, 0.3) is 0 Å². The van der Waals surface area contributed by atoms with E-state index in [0.717, 1.165) is 10.8 Å². The Hall–Kier alpha value is -3.23. The number of hydrogen-bond acceptors (Lipinski definition) is 7. The van der Waals surface area contributed by atoms with Crippen molar-refractivity contribution in [2.75, 3.05) is 30.9 Å². The van der Waals surface area contributed by atoms with Crippen LogP contribution in [0.15, 0.2) is 66.7 Å². The lowest BCUT2D eigenvalue weighted by atomic mass is 9.79. The highest BCUT2D eigenvalue weighted by Crippen LogP contribution is 2.43. The Morgan fingerprint density at radius 3 is 2.49 bits per heavy atom. The van der Waals surface area contributed by atoms with Crippen LogP contribution in [-0.4, -0.2) is 42.7 Å². The van der Waals surface area contributed by atoms with Crippen LogP contribution in [0.25, 0.3) is 10.8 Å². The number of anilines is 1. The van der Waals surface area contributed by atoms with Crippen molar-refractivity contribution in [1.82, 2.24) is 0 Å². The number of thiol groups is 1. The van der Waals surface area contributed by atoms with E-state index in [9.17, 15) is 14.7 Å². The minimum absolute atomic E-state index is 0.00831. The van der Waals surface area contributed by atoms with Gasteiger partial charge in [-0.3, -0.25) is 10.1 Å². The third kappa shape index (κ3) is 7.13. The first-order valence-electron chi connectivity index (χ1n) is 11.4. The van der Waals surface area contributed by atoms with Crippen molar-refractivity contribution in [3.8, 4) is 5.75 Å². The maximum Gasteiger partial charge on any atom is 0.412 e. The van der Waals surface area contributed by atoms with Crippen LogP contribution in [0.3, 0.4) is 0 Å². The average molecular weight is 498 g/mol. The summed E-state index contributed by atoms with van der Waals surface area (Å²) in [4.78, 5) is 24.7. The lowest BCUT2D eigenvalue weighted by molar-refractivity contribution is -0.141. The van der Waals surface area contributed by atoms with Crippen molar-refractivity contribution in [1.29, 1.82) is 0 Å². The van der Waals surface area contributed by atoms with E-state index in [1.165, 1.54) is 0 Å². The standard InChI is InChI=1S/C27H31NO6S/c1-27(2,14-16-33-24(30)18-35)25(21-11-5-6-13-23(21)32-17-15-29)34-26(31)28-22-12-7-9-19-8-3-4-10-20(19)22/h3-13,25,29,35H,14-18H2,1-2H3,(H,28,31)/t25-/m0/s1. The SMILES string of the molecule is CC(C)(CCOC(=O)CS)[C@@H](OC(=O)Nc1cccc2ccccc12)c1ccccc1OCCO. The Morgan fingerprint density at radius 2 is 1.71 bits per heavy atom. The van der Waals surface area contributed by atoms with Crippen molar-refractivity contribution in [3.05, 3.63) is 72.3 Å². The van der Waals surface area contributed by atoms with Gasteiger partial charge >= 0.3 is 12.1 Å². The Labute approximate surface area is 210 Å². The molecule has 0 aliphatic rings. The zero-order chi connectivity index (χ0) is 25.3. The van der Waals surface area contributed by atoms with Crippen LogP contribution in [0.2, 0.25) is 0 Å². The minimum Gasteiger partial charge on any atom is -0.491 e. The Bertz CT molecular complexity index is 1140. The zero-order valence-corrected chi connectivity index (χ0v) is 20.8. The number of para-hydroxylation sites is 1. The molecule has 0 radical (unpaired) electrons. The molecule has 0 aliphatic carbocycles. The highest BCUT2D eigenvalue weighted by molar-refractivity contribution is 7.81. The normalized spacial score (nSPS) is 12.1. The lowest BCUT2D eigenvalue weighted by Crippen LogP contribution is -2.31. The van der Waals surface area contributed by atoms with Gasteiger partial charge in [0.15, 0.2) is 0 Å². The molecule has 3 aromatic carbocycles. The molecule has 186 valence electrons. The van der Waals surface area contributed by atoms with Crippen molar-refractivity contribution in [3.63, 3.8) is 0 Å². The molecule has 0 bridgehead atoms. The molecular weight excluding hydrogens is 466 g/mol. The number of amides is 1. The number of benzene rings is 3. The van der Waals surface area contributed by atoms with E-state index in [2.05, 4.69) is 17.9 Å². The molecule has 0 aromatic heterocycles. The molecule has 35 heavy (non-hydrogen) atoms. The first-order chi connectivity index (χ1) is 16.9. The van der Waals surface area contributed by atoms with E-state index < -0.39 is 23.6 Å². The predicted octanol–water partition coefficient (Wildman–Crippen LogP) is 5.39. The molecular formula is C27H31NO6S. The van der Waals surface area contributed by atoms with Gasteiger partial charge in [0.1, 0.15) is 18.5 Å². The lowest BCUT2D eigenvalue weighted by Gasteiger charge is -2.35. The van der Waals surface area contributed by atoms with Crippen LogP contribution >= 0.6 is 12.6 Å². The fourth-order valence-corrected chi connectivity index (χ4v) is 3.90. The van der Waals surface area contributed by atoms with Crippen LogP contribution < -0.4 is 10.1 Å². The van der Waals surface area contributed by atoms with Gasteiger partial charge in [0.2, 0.25) is 0 Å². The predicted molar refractivity (Wildman–Crippen MR) is 139 cm³/mol. The Balaban J connectivity index is 1.87. The van der Waals surface area contributed by atoms with Gasteiger partial charge in [-0.25, -0.2) is 4.79 Å². The molecule has 0 heterocycles. The minimum atomic E-state index is -0.734. The summed E-state index contributed by atoms with van der Waals surface area (Å²) in [5, 5.41) is 14.0. The monoisotopic (exact) mass is 497 g/mol. The molecule has 3 rings (SSSR count). The van der Waals surface area contributed by atoms with Crippen molar-refractivity contribution in [2.45, 2.75) is 26.4 Å². The quantitative estimate of drug-likeness (QED) is 0.243. The fourth-order valence-electron chi connectivity index (χ4n) is 3.81. The molecule has 1 amide bonds. The van der Waals surface area contributed by atoms with Crippen molar-refractivity contribution < 1.29 is 28.9 Å². The number of ether oxygens (including phenoxy) is 3. The number of carbonyl (C=O) groups is 2. The Morgan fingerprint density at radius 1 is 1.00 bits per heavy atom. The third-order valence-corrected chi connectivity index (χ3v) is 5.91. The van der Waals surface area contributed by atoms with Gasteiger partial charge in [-0.1, -0.05) is 68.4 Å². The van der Waals surface area contributed by atoms with Crippen LogP contribution in [-0.2, 0) is 14.3 Å². The fraction of sp³-hybridized carbons (Fsp3) is 0.333. The number of fused-ring (bicyclic) bond motifs is 1. The summed E-state index contributed by atoms with van der Waals surface area (Å²) in [5.41, 5.74) is 0.655. The summed E-state index contributed by atoms with van der Waals surface area (Å²) >= 11 is 3.93. The van der Waals surface area contributed by atoms with Crippen molar-refractivity contribution >= 4 is 41.2 Å². The summed E-state index contributed by atoms with van der Waals surface area (Å²) in [6.07, 6.45) is -0.932. The van der Waals surface area contributed by atoms with Gasteiger partial charge in [0.05, 0.1) is 24.7 Å². The maximum atomic E-state index is 13.1. The molecule has 0 fully saturated rings. The second kappa shape index (κ2) is 12.5. The number of esters is 1. The van der Waals surface area contributed by atoms with E-state index >= 15 is 0 Å². The summed E-state index contributed by atoms with van der Waals surface area (Å²) < 4.78 is 17.0. The number of rotatable bonds is 11. The molecule has 0 saturated carbocycles. The highest BCUT2D eigenvalue weighted by atomic mass is 32.1. The van der Waals surface area contributed by atoms with E-state index in [1.54, 1.807) is 6.07 Å². The van der Waals surface area contributed by atoms with Gasteiger partial charge in [-0.05, 0) is 23.9 Å². The summed E-state index contributed by atoms with van der Waals surface area (Å²) in [6.45, 7) is 3.97. The Kier molecular flexibility index (Phi) is 9.39. The van der Waals surface area contributed by atoms with E-state index in [0.29, 0.717) is 23.4 Å². The number of aliphatic hydroxyl groups is 1. The topological polar surface area (TPSA) is 94.1 Å². The molecule has 2 N–H and O–H groups in total. The van der Waals surface area contributed by atoms with Gasteiger partial charge in [-0.2, -0.15) is 12.6 Å². The molecule has 8 heteroatoms. The second-order valence-corrected chi connectivity index (χ2v) is 8.98. The molecule has 0 aliphatic heterocycles. The van der Waals surface area contributed by atoms with Crippen LogP contribution in [0, 0.1) is 5.41 Å². The number of carbonyl (C=O) groups excluding carboxylic acids is 2. The van der Waals surface area contributed by atoms with E-state index in [-0.39, 0.29) is 25.6 Å². The number of hydrogen-bond donors (Lipinski definition) is 3. The van der Waals surface area contributed by atoms with Crippen LogP contribution in [0.1, 0.15) is 31.9 Å². The van der Waals surface area contributed by atoms with Gasteiger partial charge in [0, 0.05) is 16.4 Å². The second-order valence-electron chi connectivity index (χ2n) is 8.66. The molecule has 3 aromatic rings. The molecule has 0 unspecified atom stereocenters. The first-order valence-corrected chi connectivity index (χ1v) is 12.0. The van der Waals surface area contributed by atoms with Crippen LogP contribution in [0.5, 0.6) is 5.75 Å². The molecule has 1 atom stereocenters. The summed E-state index contributed by atoms with van der Waals surface area (Å²) in [5.74, 6) is 0.0814. The largest absolute Gasteiger partial charge is 0.491 e. The van der Waals surface area contributed by atoms with E-state index in [1.807, 2.05) is 74.5 Å². The number of nitrogens with one attached hydrogen (secondary N) is 1. The first kappa shape index (κ1) is 26.4. The number of aliphatic hydroxyl groups excluding tert-OH is 1. The smallest absolute Gasteiger partial charge is 0.412 e. The van der Waals surface area contributed by atoms with Gasteiger partial charge < -0.3 is 19.3 Å². The maximum absolute atomic E-state index is 13.1. The zero-order valence-electron chi connectivity index (χ0n) is 19.9. The van der Waals surface area contributed by atoms with Gasteiger partial charge in [-0.15, -0.1) is 0 Å². The van der Waals surface area contributed by atoms with Crippen LogP contribution in [0.4, 0.5) is 10.5 Å². The summed E-state index contributed by atoms with van der Waals surface area (Å²) in [6, 6.07) is 20.6. The van der Waals surface area contributed by atoms with E-state index in [4.69, 9.17) is 14.2 Å². The third-order valence-electron chi connectivity index (χ3n) is 5.65. The average Bonchev–Trinajstić information content (AvgIpc) is 2.86. The highest BCUT2D eigenvalue weighted by Gasteiger charge is 2.36. The molecule has 0 saturated heterocycles. The summed E-state index contributed by atoms with van der Waals surface area (Å²) in [7, 11) is 0. The molecule has 0 spiro atoms. The van der Waals surface area contributed by atoms with Crippen molar-refractivity contribution in [2.24, 2.45) is 5.41 Å². The molecule has 7 nitrogen and oxygen atoms in total.